The van der Waals surface area contributed by atoms with Gasteiger partial charge >= 0.3 is 0 Å². The predicted octanol–water partition coefficient (Wildman–Crippen LogP) is 2.41. The van der Waals surface area contributed by atoms with Gasteiger partial charge < -0.3 is 32.9 Å². The Bertz CT molecular complexity index is 2900. The van der Waals surface area contributed by atoms with Crippen LogP contribution >= 0.6 is 0 Å². The maximum atomic E-state index is 12.5. The number of nitrogens with zero attached hydrogens (tertiary/aromatic N) is 6. The second kappa shape index (κ2) is 16.9. The van der Waals surface area contributed by atoms with Crippen molar-refractivity contribution in [2.24, 2.45) is 22.9 Å². The van der Waals surface area contributed by atoms with Crippen LogP contribution in [0.15, 0.2) is 122 Å². The van der Waals surface area contributed by atoms with Crippen LogP contribution in [0.4, 0.5) is 0 Å². The molecule has 8 bridgehead atoms. The average molecular weight is 851 g/mol. The number of H-pyrrole nitrogens is 2. The SMILES string of the molecule is NC(=O)C[n+]1ccccc1-c1c2nc(c(-c3cccc[n+]3CC(N)=O)c3ccc([nH]3)c(-c3cccc[n+]3CC(N)=O)c3nc(c(-c4cccc[n+]4CC(N)=O)c4ccc1[nH]4)C=C3)C=C2. The zero-order valence-electron chi connectivity index (χ0n) is 34.3. The number of hydrogen-bond donors (Lipinski definition) is 6. The number of aromatic nitrogens is 8. The zero-order chi connectivity index (χ0) is 44.5. The lowest BCUT2D eigenvalue weighted by atomic mass is 10.1. The number of rotatable bonds is 12. The van der Waals surface area contributed by atoms with Crippen LogP contribution in [0.2, 0.25) is 0 Å². The van der Waals surface area contributed by atoms with E-state index in [1.165, 1.54) is 0 Å². The van der Waals surface area contributed by atoms with Gasteiger partial charge in [-0.2, -0.15) is 18.3 Å². The second-order valence-corrected chi connectivity index (χ2v) is 15.2. The molecule has 2 aliphatic heterocycles. The zero-order valence-corrected chi connectivity index (χ0v) is 34.3. The number of nitrogens with two attached hydrogens (primary N) is 4. The highest BCUT2D eigenvalue weighted by Gasteiger charge is 2.28. The number of nitrogens with one attached hydrogen (secondary N) is 2. The highest BCUT2D eigenvalue weighted by molar-refractivity contribution is 5.98. The van der Waals surface area contributed by atoms with Crippen LogP contribution in [-0.4, -0.2) is 43.6 Å². The summed E-state index contributed by atoms with van der Waals surface area (Å²) in [5.74, 6) is -2.11. The van der Waals surface area contributed by atoms with E-state index in [-0.39, 0.29) is 26.2 Å². The molecule has 2 aliphatic rings. The molecule has 7 aromatic rings. The van der Waals surface area contributed by atoms with Gasteiger partial charge in [0.1, 0.15) is 0 Å². The van der Waals surface area contributed by atoms with E-state index in [1.54, 1.807) is 43.1 Å². The molecule has 0 aliphatic carbocycles. The maximum absolute atomic E-state index is 12.5. The molecule has 64 heavy (non-hydrogen) atoms. The molecule has 0 radical (unpaired) electrons. The van der Waals surface area contributed by atoms with Gasteiger partial charge in [0.25, 0.3) is 23.6 Å². The minimum atomic E-state index is -0.528. The Labute approximate surface area is 365 Å². The average Bonchev–Trinajstić information content (AvgIpc) is 4.11. The van der Waals surface area contributed by atoms with Crippen molar-refractivity contribution in [2.45, 2.75) is 26.2 Å². The molecule has 9 rings (SSSR count). The summed E-state index contributed by atoms with van der Waals surface area (Å²) in [6, 6.07) is 30.1. The number of amides is 4. The van der Waals surface area contributed by atoms with E-state index >= 15 is 0 Å². The van der Waals surface area contributed by atoms with E-state index in [4.69, 9.17) is 32.9 Å². The number of aromatic amines is 2. The van der Waals surface area contributed by atoms with Crippen LogP contribution < -0.4 is 41.2 Å². The summed E-state index contributed by atoms with van der Waals surface area (Å²) in [5, 5.41) is 0. The van der Waals surface area contributed by atoms with Crippen LogP contribution in [0.1, 0.15) is 22.8 Å². The molecule has 0 atom stereocenters. The molecule has 7 aromatic heterocycles. The lowest BCUT2D eigenvalue weighted by Crippen LogP contribution is -2.42. The maximum Gasteiger partial charge on any atom is 0.283 e. The van der Waals surface area contributed by atoms with E-state index < -0.39 is 23.6 Å². The summed E-state index contributed by atoms with van der Waals surface area (Å²) in [7, 11) is 0. The van der Waals surface area contributed by atoms with Crippen molar-refractivity contribution < 1.29 is 37.4 Å². The van der Waals surface area contributed by atoms with Gasteiger partial charge in [-0.05, 0) is 72.8 Å². The molecule has 0 fully saturated rings. The van der Waals surface area contributed by atoms with E-state index in [0.717, 1.165) is 0 Å². The Morgan fingerprint density at radius 2 is 0.609 bits per heavy atom. The topological polar surface area (TPSA) is 245 Å². The van der Waals surface area contributed by atoms with E-state index in [1.807, 2.05) is 121 Å². The molecule has 9 heterocycles. The van der Waals surface area contributed by atoms with Gasteiger partial charge in [-0.25, -0.2) is 9.97 Å². The molecule has 314 valence electrons. The Balaban J connectivity index is 1.50. The van der Waals surface area contributed by atoms with E-state index in [2.05, 4.69) is 9.97 Å². The van der Waals surface area contributed by atoms with Crippen LogP contribution in [0.5, 0.6) is 0 Å². The molecule has 0 aromatic carbocycles. The summed E-state index contributed by atoms with van der Waals surface area (Å²) >= 11 is 0. The largest absolute Gasteiger partial charge is 0.364 e. The number of carbonyl (C=O) groups excluding carboxylic acids is 4. The minimum Gasteiger partial charge on any atom is -0.364 e. The minimum absolute atomic E-state index is 0.102. The number of primary amides is 4. The van der Waals surface area contributed by atoms with Crippen molar-refractivity contribution in [3.63, 3.8) is 0 Å². The fraction of sp³-hybridized carbons (Fsp3) is 0.0833. The van der Waals surface area contributed by atoms with Gasteiger partial charge in [0.15, 0.2) is 24.8 Å². The van der Waals surface area contributed by atoms with Crippen LogP contribution in [-0.2, 0) is 45.4 Å². The van der Waals surface area contributed by atoms with Crippen molar-refractivity contribution in [2.75, 3.05) is 0 Å². The van der Waals surface area contributed by atoms with E-state index in [0.29, 0.717) is 89.9 Å². The number of fused-ring (bicyclic) bond motifs is 8. The molecule has 0 saturated heterocycles. The Hall–Kier alpha value is -8.92. The molecular formula is C48H42N12O4+4. The Morgan fingerprint density at radius 1 is 0.375 bits per heavy atom. The standard InChI is InChI=1S/C48H38N12O4/c49-41(61)25-57-21-5-1-9-37(57)45-29-13-15-31(53-29)46(38-10-2-6-22-58(38)26-42(50)62)33-17-19-35(55-33)48(40-12-4-8-24-60(40)28-44(52)64)36-20-18-34(56-36)47(32-16-14-30(45)54-32)39-11-3-7-23-59(39)27-43(51)63/h1-24H,25-28H2,(H6-3,49,50,51,52,53,54,55,56,61,62,63,64)/p+4. The van der Waals surface area contributed by atoms with Crippen molar-refractivity contribution in [1.29, 1.82) is 0 Å². The summed E-state index contributed by atoms with van der Waals surface area (Å²) in [6.45, 7) is -0.409. The molecule has 0 saturated carbocycles. The summed E-state index contributed by atoms with van der Waals surface area (Å²) in [4.78, 5) is 67.8. The quantitative estimate of drug-likeness (QED) is 0.101. The van der Waals surface area contributed by atoms with Crippen LogP contribution in [0.3, 0.4) is 0 Å². The third kappa shape index (κ3) is 7.89. The molecule has 16 heteroatoms. The third-order valence-corrected chi connectivity index (χ3v) is 10.8. The third-order valence-electron chi connectivity index (χ3n) is 10.8. The molecule has 4 amide bonds. The van der Waals surface area contributed by atoms with Crippen LogP contribution in [0, 0.1) is 0 Å². The van der Waals surface area contributed by atoms with Gasteiger partial charge in [-0.1, -0.05) is 0 Å². The first-order valence-electron chi connectivity index (χ1n) is 20.3. The summed E-state index contributed by atoms with van der Waals surface area (Å²) in [5.41, 5.74) is 33.2. The molecule has 10 N–H and O–H groups in total. The summed E-state index contributed by atoms with van der Waals surface area (Å²) in [6.07, 6.45) is 14.7. The Morgan fingerprint density at radius 3 is 0.828 bits per heavy atom. The fourth-order valence-corrected chi connectivity index (χ4v) is 8.32. The molecule has 16 nitrogen and oxygen atoms in total. The van der Waals surface area contributed by atoms with Gasteiger partial charge in [0.2, 0.25) is 49.0 Å². The first-order valence-corrected chi connectivity index (χ1v) is 20.3. The van der Waals surface area contributed by atoms with Crippen molar-refractivity contribution in [1.82, 2.24) is 19.9 Å². The summed E-state index contributed by atoms with van der Waals surface area (Å²) < 4.78 is 7.07. The van der Waals surface area contributed by atoms with Gasteiger partial charge in [0, 0.05) is 48.5 Å². The Kier molecular flexibility index (Phi) is 10.7. The van der Waals surface area contributed by atoms with Gasteiger partial charge in [0.05, 0.1) is 67.1 Å². The first-order chi connectivity index (χ1) is 31.0. The fourth-order valence-electron chi connectivity index (χ4n) is 8.32. The van der Waals surface area contributed by atoms with Crippen molar-refractivity contribution in [3.05, 3.63) is 145 Å². The molecule has 0 unspecified atom stereocenters. The highest BCUT2D eigenvalue weighted by Crippen LogP contribution is 2.36. The highest BCUT2D eigenvalue weighted by atomic mass is 16.2. The normalized spacial score (nSPS) is 11.8. The molecule has 0 spiro atoms. The van der Waals surface area contributed by atoms with Crippen LogP contribution in [0.25, 0.3) is 91.4 Å². The smallest absolute Gasteiger partial charge is 0.283 e. The van der Waals surface area contributed by atoms with Gasteiger partial charge in [-0.3, -0.25) is 19.2 Å². The second-order valence-electron chi connectivity index (χ2n) is 15.2. The van der Waals surface area contributed by atoms with Crippen molar-refractivity contribution in [3.8, 4) is 45.0 Å². The first kappa shape index (κ1) is 40.5. The monoisotopic (exact) mass is 850 g/mol. The predicted molar refractivity (Wildman–Crippen MR) is 238 cm³/mol. The van der Waals surface area contributed by atoms with Crippen molar-refractivity contribution >= 4 is 70.0 Å². The number of carbonyl (C=O) groups is 4. The van der Waals surface area contributed by atoms with E-state index in [9.17, 15) is 19.2 Å². The lowest BCUT2D eigenvalue weighted by Gasteiger charge is -2.07. The lowest BCUT2D eigenvalue weighted by molar-refractivity contribution is -0.673. The number of pyridine rings is 4. The number of hydrogen-bond acceptors (Lipinski definition) is 6. The van der Waals surface area contributed by atoms with Gasteiger partial charge in [-0.15, -0.1) is 0 Å². The molecular weight excluding hydrogens is 809 g/mol.